The number of hydrogen-bond acceptors (Lipinski definition) is 1. The zero-order chi connectivity index (χ0) is 16.3. The molecule has 0 amide bonds. The molecule has 1 heteroatoms. The predicted octanol–water partition coefficient (Wildman–Crippen LogP) is 6.69. The van der Waals surface area contributed by atoms with E-state index in [4.69, 9.17) is 4.74 Å². The molecule has 0 N–H and O–H groups in total. The smallest absolute Gasteiger partial charge is 0.0648 e. The summed E-state index contributed by atoms with van der Waals surface area (Å²) in [4.78, 5) is 0. The van der Waals surface area contributed by atoms with Crippen LogP contribution < -0.4 is 0 Å². The zero-order valence-electron chi connectivity index (χ0n) is 15.3. The van der Waals surface area contributed by atoms with Gasteiger partial charge >= 0.3 is 0 Å². The second kappa shape index (κ2) is 11.1. The van der Waals surface area contributed by atoms with Gasteiger partial charge in [-0.2, -0.15) is 0 Å². The minimum atomic E-state index is 0.511. The molecule has 0 bridgehead atoms. The lowest BCUT2D eigenvalue weighted by atomic mass is 9.76. The molecule has 0 aromatic carbocycles. The highest BCUT2D eigenvalue weighted by Crippen LogP contribution is 2.37. The van der Waals surface area contributed by atoms with Crippen LogP contribution in [0.1, 0.15) is 84.0 Å². The Balaban J connectivity index is 1.53. The van der Waals surface area contributed by atoms with Crippen molar-refractivity contribution in [3.8, 4) is 0 Å². The SMILES string of the molecule is C=CCOC1CCC(CCC2CCC(CC/C=C/C)CC2)CC1. The molecule has 0 radical (unpaired) electrons. The normalized spacial score (nSPS) is 32.2. The molecule has 2 rings (SSSR count). The molecule has 0 unspecified atom stereocenters. The maximum absolute atomic E-state index is 5.80. The summed E-state index contributed by atoms with van der Waals surface area (Å²) in [5.74, 6) is 3.02. The van der Waals surface area contributed by atoms with Crippen LogP contribution in [0.2, 0.25) is 0 Å². The summed E-state index contributed by atoms with van der Waals surface area (Å²) in [6.45, 7) is 6.60. The fraction of sp³-hybridized carbons (Fsp3) is 0.818. The zero-order valence-corrected chi connectivity index (χ0v) is 15.3. The summed E-state index contributed by atoms with van der Waals surface area (Å²) in [7, 11) is 0. The average molecular weight is 319 g/mol. The molecule has 132 valence electrons. The summed E-state index contributed by atoms with van der Waals surface area (Å²) in [5.41, 5.74) is 0. The third-order valence-corrected chi connectivity index (χ3v) is 6.17. The topological polar surface area (TPSA) is 9.23 Å². The predicted molar refractivity (Wildman–Crippen MR) is 101 cm³/mol. The monoisotopic (exact) mass is 318 g/mol. The van der Waals surface area contributed by atoms with E-state index in [1.54, 1.807) is 0 Å². The highest BCUT2D eigenvalue weighted by molar-refractivity contribution is 4.81. The molecule has 0 saturated heterocycles. The van der Waals surface area contributed by atoms with Crippen LogP contribution >= 0.6 is 0 Å². The molecule has 0 aromatic rings. The van der Waals surface area contributed by atoms with E-state index in [2.05, 4.69) is 25.7 Å². The summed E-state index contributed by atoms with van der Waals surface area (Å²) in [5, 5.41) is 0. The van der Waals surface area contributed by atoms with Gasteiger partial charge in [0.25, 0.3) is 0 Å². The van der Waals surface area contributed by atoms with E-state index in [0.29, 0.717) is 6.10 Å². The first-order valence-corrected chi connectivity index (χ1v) is 10.2. The Bertz CT molecular complexity index is 330. The van der Waals surface area contributed by atoms with Crippen LogP contribution in [0.3, 0.4) is 0 Å². The van der Waals surface area contributed by atoms with Crippen molar-refractivity contribution in [2.45, 2.75) is 90.1 Å². The van der Waals surface area contributed by atoms with Gasteiger partial charge in [0, 0.05) is 0 Å². The Morgan fingerprint density at radius 1 is 0.826 bits per heavy atom. The Morgan fingerprint density at radius 2 is 1.35 bits per heavy atom. The second-order valence-corrected chi connectivity index (χ2v) is 7.88. The van der Waals surface area contributed by atoms with E-state index in [0.717, 1.165) is 24.4 Å². The number of ether oxygens (including phenoxy) is 1. The number of rotatable bonds is 9. The van der Waals surface area contributed by atoms with Crippen molar-refractivity contribution >= 4 is 0 Å². The first-order chi connectivity index (χ1) is 11.3. The standard InChI is InChI=1S/C22H38O/c1-3-5-6-7-19-8-10-20(11-9-19)12-13-21-14-16-22(17-15-21)23-18-4-2/h3-5,19-22H,2,6-18H2,1H3/b5-3+. The Morgan fingerprint density at radius 3 is 1.87 bits per heavy atom. The number of hydrogen-bond donors (Lipinski definition) is 0. The van der Waals surface area contributed by atoms with Gasteiger partial charge in [0.1, 0.15) is 0 Å². The fourth-order valence-corrected chi connectivity index (χ4v) is 4.57. The lowest BCUT2D eigenvalue weighted by molar-refractivity contribution is 0.0326. The molecule has 0 spiro atoms. The van der Waals surface area contributed by atoms with E-state index < -0.39 is 0 Å². The van der Waals surface area contributed by atoms with Gasteiger partial charge in [0.05, 0.1) is 12.7 Å². The molecule has 2 fully saturated rings. The molecule has 0 heterocycles. The summed E-state index contributed by atoms with van der Waals surface area (Å²) >= 11 is 0. The maximum Gasteiger partial charge on any atom is 0.0648 e. The van der Waals surface area contributed by atoms with Crippen LogP contribution in [-0.2, 0) is 4.74 Å². The summed E-state index contributed by atoms with van der Waals surface area (Å²) in [6, 6.07) is 0. The van der Waals surface area contributed by atoms with Gasteiger partial charge in [-0.25, -0.2) is 0 Å². The maximum atomic E-state index is 5.80. The molecule has 0 aromatic heterocycles. The van der Waals surface area contributed by atoms with E-state index >= 15 is 0 Å². The highest BCUT2D eigenvalue weighted by Gasteiger charge is 2.24. The molecular weight excluding hydrogens is 280 g/mol. The molecule has 2 aliphatic carbocycles. The van der Waals surface area contributed by atoms with E-state index in [1.165, 1.54) is 77.0 Å². The molecule has 1 nitrogen and oxygen atoms in total. The lowest BCUT2D eigenvalue weighted by Gasteiger charge is -2.32. The van der Waals surface area contributed by atoms with Crippen molar-refractivity contribution in [2.24, 2.45) is 17.8 Å². The molecule has 2 aliphatic rings. The first-order valence-electron chi connectivity index (χ1n) is 10.2. The van der Waals surface area contributed by atoms with Crippen LogP contribution in [0.4, 0.5) is 0 Å². The van der Waals surface area contributed by atoms with E-state index in [9.17, 15) is 0 Å². The molecular formula is C22H38O. The lowest BCUT2D eigenvalue weighted by Crippen LogP contribution is -2.22. The van der Waals surface area contributed by atoms with Gasteiger partial charge in [-0.1, -0.05) is 56.8 Å². The van der Waals surface area contributed by atoms with Crippen LogP contribution in [0.15, 0.2) is 24.8 Å². The van der Waals surface area contributed by atoms with Gasteiger partial charge in [-0.3, -0.25) is 0 Å². The van der Waals surface area contributed by atoms with Crippen molar-refractivity contribution < 1.29 is 4.74 Å². The van der Waals surface area contributed by atoms with Crippen LogP contribution in [-0.4, -0.2) is 12.7 Å². The minimum absolute atomic E-state index is 0.511. The van der Waals surface area contributed by atoms with Crippen molar-refractivity contribution in [1.82, 2.24) is 0 Å². The van der Waals surface area contributed by atoms with Gasteiger partial charge in [0.15, 0.2) is 0 Å². The Labute approximate surface area is 144 Å². The van der Waals surface area contributed by atoms with Gasteiger partial charge < -0.3 is 4.74 Å². The molecule has 2 saturated carbocycles. The third kappa shape index (κ3) is 7.25. The van der Waals surface area contributed by atoms with Gasteiger partial charge in [-0.15, -0.1) is 6.58 Å². The molecule has 0 aliphatic heterocycles. The third-order valence-electron chi connectivity index (χ3n) is 6.17. The molecule has 0 atom stereocenters. The Hall–Kier alpha value is -0.560. The summed E-state index contributed by atoms with van der Waals surface area (Å²) in [6.07, 6.45) is 23.9. The first kappa shape index (κ1) is 18.8. The van der Waals surface area contributed by atoms with Crippen LogP contribution in [0.5, 0.6) is 0 Å². The highest BCUT2D eigenvalue weighted by atomic mass is 16.5. The van der Waals surface area contributed by atoms with Crippen molar-refractivity contribution in [3.05, 3.63) is 24.8 Å². The minimum Gasteiger partial charge on any atom is -0.374 e. The Kier molecular flexibility index (Phi) is 9.04. The van der Waals surface area contributed by atoms with Crippen LogP contribution in [0.25, 0.3) is 0 Å². The quantitative estimate of drug-likeness (QED) is 0.430. The van der Waals surface area contributed by atoms with Crippen LogP contribution in [0, 0.1) is 17.8 Å². The van der Waals surface area contributed by atoms with Crippen molar-refractivity contribution in [3.63, 3.8) is 0 Å². The van der Waals surface area contributed by atoms with E-state index in [1.807, 2.05) is 6.08 Å². The average Bonchev–Trinajstić information content (AvgIpc) is 2.60. The van der Waals surface area contributed by atoms with Gasteiger partial charge in [0.2, 0.25) is 0 Å². The van der Waals surface area contributed by atoms with E-state index in [-0.39, 0.29) is 0 Å². The molecule has 23 heavy (non-hydrogen) atoms. The van der Waals surface area contributed by atoms with Gasteiger partial charge in [-0.05, 0) is 63.2 Å². The van der Waals surface area contributed by atoms with Crippen molar-refractivity contribution in [2.75, 3.05) is 6.61 Å². The van der Waals surface area contributed by atoms with Crippen molar-refractivity contribution in [1.29, 1.82) is 0 Å². The fourth-order valence-electron chi connectivity index (χ4n) is 4.57. The largest absolute Gasteiger partial charge is 0.374 e. The number of allylic oxidation sites excluding steroid dienone is 2. The second-order valence-electron chi connectivity index (χ2n) is 7.88. The summed E-state index contributed by atoms with van der Waals surface area (Å²) < 4.78 is 5.80.